The third-order valence-electron chi connectivity index (χ3n) is 4.75. The molecule has 1 saturated carbocycles. The van der Waals surface area contributed by atoms with Crippen molar-refractivity contribution >= 4 is 35.5 Å². The smallest absolute Gasteiger partial charge is 0.322 e. The van der Waals surface area contributed by atoms with Gasteiger partial charge >= 0.3 is 6.03 Å². The fourth-order valence-corrected chi connectivity index (χ4v) is 3.53. The van der Waals surface area contributed by atoms with Crippen LogP contribution in [0.1, 0.15) is 54.9 Å². The molecule has 0 spiro atoms. The second-order valence-electron chi connectivity index (χ2n) is 6.46. The standard InChI is InChI=1S/C19H27N5O2/c1-3-24(16-7-5-4-6-8-16)19(26)23-15-9-14(12-25)18(17(20)10-15)13(2)11-22-21/h9-12,16H,2-8,20-21H2,1H3,(H,23,26)/b22-11-. The van der Waals surface area contributed by atoms with E-state index in [0.29, 0.717) is 40.9 Å². The number of amides is 2. The van der Waals surface area contributed by atoms with Crippen LogP contribution in [0.4, 0.5) is 16.2 Å². The van der Waals surface area contributed by atoms with E-state index >= 15 is 0 Å². The Morgan fingerprint density at radius 2 is 2.08 bits per heavy atom. The number of aldehydes is 1. The molecule has 0 saturated heterocycles. The fraction of sp³-hybridized carbons (Fsp3) is 0.421. The summed E-state index contributed by atoms with van der Waals surface area (Å²) >= 11 is 0. The molecular formula is C19H27N5O2. The summed E-state index contributed by atoms with van der Waals surface area (Å²) in [6.45, 7) is 6.42. The molecule has 26 heavy (non-hydrogen) atoms. The fourth-order valence-electron chi connectivity index (χ4n) is 3.53. The van der Waals surface area contributed by atoms with E-state index < -0.39 is 0 Å². The number of hydrazone groups is 1. The van der Waals surface area contributed by atoms with Crippen molar-refractivity contribution in [3.05, 3.63) is 29.8 Å². The number of hydrogen-bond donors (Lipinski definition) is 3. The monoisotopic (exact) mass is 357 g/mol. The van der Waals surface area contributed by atoms with Gasteiger partial charge in [-0.3, -0.25) is 4.79 Å². The molecule has 0 aliphatic heterocycles. The highest BCUT2D eigenvalue weighted by molar-refractivity contribution is 6.14. The molecule has 0 bridgehead atoms. The first-order chi connectivity index (χ1) is 12.5. The van der Waals surface area contributed by atoms with Gasteiger partial charge in [0.2, 0.25) is 0 Å². The van der Waals surface area contributed by atoms with Crippen LogP contribution < -0.4 is 16.9 Å². The lowest BCUT2D eigenvalue weighted by atomic mass is 9.94. The molecule has 2 rings (SSSR count). The van der Waals surface area contributed by atoms with Crippen LogP contribution >= 0.6 is 0 Å². The number of nitrogens with zero attached hydrogens (tertiary/aromatic N) is 2. The minimum absolute atomic E-state index is 0.175. The SMILES string of the molecule is C=C(/C=N\N)c1c(N)cc(NC(=O)N(CC)C2CCCCC2)cc1C=O. The third kappa shape index (κ3) is 4.41. The first-order valence-corrected chi connectivity index (χ1v) is 8.90. The van der Waals surface area contributed by atoms with Gasteiger partial charge in [-0.05, 0) is 37.5 Å². The molecule has 7 nitrogen and oxygen atoms in total. The first-order valence-electron chi connectivity index (χ1n) is 8.90. The lowest BCUT2D eigenvalue weighted by Gasteiger charge is -2.33. The molecule has 1 aromatic carbocycles. The third-order valence-corrected chi connectivity index (χ3v) is 4.75. The highest BCUT2D eigenvalue weighted by Crippen LogP contribution is 2.28. The minimum atomic E-state index is -0.175. The Labute approximate surface area is 154 Å². The lowest BCUT2D eigenvalue weighted by molar-refractivity contribution is 0.112. The molecule has 1 aromatic rings. The van der Waals surface area contributed by atoms with Crippen LogP contribution in [0.2, 0.25) is 0 Å². The zero-order valence-corrected chi connectivity index (χ0v) is 15.2. The van der Waals surface area contributed by atoms with E-state index in [2.05, 4.69) is 17.0 Å². The summed E-state index contributed by atoms with van der Waals surface area (Å²) in [6.07, 6.45) is 7.59. The summed E-state index contributed by atoms with van der Waals surface area (Å²) in [5, 5.41) is 6.28. The first kappa shape index (κ1) is 19.5. The minimum Gasteiger partial charge on any atom is -0.398 e. The number of anilines is 2. The van der Waals surface area contributed by atoms with Crippen molar-refractivity contribution in [2.45, 2.75) is 45.1 Å². The van der Waals surface area contributed by atoms with Crippen LogP contribution in [0.5, 0.6) is 0 Å². The number of nitrogen functional groups attached to an aromatic ring is 1. The number of urea groups is 1. The Balaban J connectivity index is 2.23. The van der Waals surface area contributed by atoms with Crippen LogP contribution in [0.15, 0.2) is 23.8 Å². The molecule has 0 radical (unpaired) electrons. The number of rotatable bonds is 6. The molecule has 1 fully saturated rings. The van der Waals surface area contributed by atoms with Crippen molar-refractivity contribution in [2.24, 2.45) is 10.9 Å². The number of carbonyl (C=O) groups excluding carboxylic acids is 2. The molecule has 1 aliphatic rings. The van der Waals surface area contributed by atoms with Gasteiger partial charge in [0.1, 0.15) is 0 Å². The largest absolute Gasteiger partial charge is 0.398 e. The van der Waals surface area contributed by atoms with Crippen molar-refractivity contribution in [1.29, 1.82) is 0 Å². The van der Waals surface area contributed by atoms with Gasteiger partial charge in [0.25, 0.3) is 0 Å². The Kier molecular flexibility index (Phi) is 6.77. The summed E-state index contributed by atoms with van der Waals surface area (Å²) in [6, 6.07) is 3.29. The molecule has 5 N–H and O–H groups in total. The summed E-state index contributed by atoms with van der Waals surface area (Å²) < 4.78 is 0. The van der Waals surface area contributed by atoms with E-state index in [-0.39, 0.29) is 12.1 Å². The molecule has 1 aliphatic carbocycles. The van der Waals surface area contributed by atoms with Crippen LogP contribution in [0, 0.1) is 0 Å². The average Bonchev–Trinajstić information content (AvgIpc) is 2.62. The normalized spacial score (nSPS) is 15.0. The second-order valence-corrected chi connectivity index (χ2v) is 6.46. The zero-order valence-electron chi connectivity index (χ0n) is 15.2. The lowest BCUT2D eigenvalue weighted by Crippen LogP contribution is -2.43. The van der Waals surface area contributed by atoms with Gasteiger partial charge in [-0.1, -0.05) is 25.8 Å². The quantitative estimate of drug-likeness (QED) is 0.238. The molecule has 0 atom stereocenters. The summed E-state index contributed by atoms with van der Waals surface area (Å²) in [4.78, 5) is 26.0. The van der Waals surface area contributed by atoms with Gasteiger partial charge < -0.3 is 21.8 Å². The molecule has 7 heteroatoms. The number of nitrogens with one attached hydrogen (secondary N) is 1. The van der Waals surface area contributed by atoms with E-state index in [1.54, 1.807) is 12.1 Å². The van der Waals surface area contributed by atoms with Crippen molar-refractivity contribution in [1.82, 2.24) is 4.90 Å². The van der Waals surface area contributed by atoms with Crippen molar-refractivity contribution in [3.63, 3.8) is 0 Å². The maximum atomic E-state index is 12.7. The molecule has 2 amide bonds. The van der Waals surface area contributed by atoms with Gasteiger partial charge in [-0.15, -0.1) is 0 Å². The number of allylic oxidation sites excluding steroid dienone is 1. The number of benzene rings is 1. The second kappa shape index (κ2) is 9.03. The summed E-state index contributed by atoms with van der Waals surface area (Å²) in [7, 11) is 0. The Bertz CT molecular complexity index is 708. The van der Waals surface area contributed by atoms with Gasteiger partial charge in [0.15, 0.2) is 6.29 Å². The van der Waals surface area contributed by atoms with Crippen LogP contribution in [0.25, 0.3) is 5.57 Å². The van der Waals surface area contributed by atoms with Crippen LogP contribution in [0.3, 0.4) is 0 Å². The molecular weight excluding hydrogens is 330 g/mol. The van der Waals surface area contributed by atoms with E-state index in [0.717, 1.165) is 25.7 Å². The van der Waals surface area contributed by atoms with Crippen molar-refractivity contribution in [2.75, 3.05) is 17.6 Å². The summed E-state index contributed by atoms with van der Waals surface area (Å²) in [5.74, 6) is 5.14. The zero-order chi connectivity index (χ0) is 19.1. The number of hydrogen-bond acceptors (Lipinski definition) is 5. The summed E-state index contributed by atoms with van der Waals surface area (Å²) in [5.41, 5.74) is 8.10. The van der Waals surface area contributed by atoms with Crippen LogP contribution in [-0.2, 0) is 0 Å². The van der Waals surface area contributed by atoms with E-state index in [9.17, 15) is 9.59 Å². The Morgan fingerprint density at radius 3 is 2.65 bits per heavy atom. The van der Waals surface area contributed by atoms with Crippen molar-refractivity contribution < 1.29 is 9.59 Å². The molecule has 140 valence electrons. The highest BCUT2D eigenvalue weighted by Gasteiger charge is 2.24. The Morgan fingerprint density at radius 1 is 1.38 bits per heavy atom. The Hall–Kier alpha value is -2.83. The molecule has 0 heterocycles. The van der Waals surface area contributed by atoms with Crippen molar-refractivity contribution in [3.8, 4) is 0 Å². The van der Waals surface area contributed by atoms with Gasteiger partial charge in [-0.2, -0.15) is 5.10 Å². The van der Waals surface area contributed by atoms with E-state index in [1.807, 2.05) is 11.8 Å². The topological polar surface area (TPSA) is 114 Å². The predicted molar refractivity (Wildman–Crippen MR) is 106 cm³/mol. The molecule has 0 aromatic heterocycles. The maximum Gasteiger partial charge on any atom is 0.322 e. The molecule has 0 unspecified atom stereocenters. The van der Waals surface area contributed by atoms with E-state index in [1.165, 1.54) is 12.6 Å². The van der Waals surface area contributed by atoms with Gasteiger partial charge in [0, 0.05) is 35.1 Å². The van der Waals surface area contributed by atoms with Gasteiger partial charge in [-0.25, -0.2) is 4.79 Å². The van der Waals surface area contributed by atoms with Crippen LogP contribution in [-0.4, -0.2) is 36.0 Å². The van der Waals surface area contributed by atoms with Gasteiger partial charge in [0.05, 0.1) is 6.21 Å². The van der Waals surface area contributed by atoms with E-state index in [4.69, 9.17) is 11.6 Å². The number of nitrogens with two attached hydrogens (primary N) is 2. The maximum absolute atomic E-state index is 12.7. The average molecular weight is 357 g/mol. The number of carbonyl (C=O) groups is 2. The highest BCUT2D eigenvalue weighted by atomic mass is 16.2. The predicted octanol–water partition coefficient (Wildman–Crippen LogP) is 3.23.